The molecule has 3 rings (SSSR count). The van der Waals surface area contributed by atoms with Gasteiger partial charge in [0.05, 0.1) is 27.4 Å². The van der Waals surface area contributed by atoms with Crippen LogP contribution in [0.5, 0.6) is 17.2 Å². The van der Waals surface area contributed by atoms with Gasteiger partial charge in [0, 0.05) is 12.5 Å². The summed E-state index contributed by atoms with van der Waals surface area (Å²) in [5.41, 5.74) is 3.38. The van der Waals surface area contributed by atoms with Crippen LogP contribution >= 0.6 is 0 Å². The molecule has 0 aromatic heterocycles. The van der Waals surface area contributed by atoms with E-state index >= 15 is 0 Å². The molecule has 1 atom stereocenters. The van der Waals surface area contributed by atoms with E-state index in [0.29, 0.717) is 30.1 Å². The van der Waals surface area contributed by atoms with Crippen LogP contribution in [0.1, 0.15) is 30.5 Å². The normalized spacial score (nSPS) is 15.3. The van der Waals surface area contributed by atoms with Crippen LogP contribution in [0.2, 0.25) is 0 Å². The number of methoxy groups -OCH3 is 3. The van der Waals surface area contributed by atoms with Crippen molar-refractivity contribution in [1.29, 1.82) is 0 Å². The Morgan fingerprint density at radius 2 is 1.85 bits per heavy atom. The smallest absolute Gasteiger partial charge is 0.217 e. The summed E-state index contributed by atoms with van der Waals surface area (Å²) in [5.74, 6) is 1.10. The summed E-state index contributed by atoms with van der Waals surface area (Å²) in [5, 5.41) is 2.93. The van der Waals surface area contributed by atoms with Gasteiger partial charge in [-0.15, -0.1) is 0 Å². The van der Waals surface area contributed by atoms with Crippen LogP contribution < -0.4 is 19.5 Å². The van der Waals surface area contributed by atoms with E-state index in [9.17, 15) is 9.18 Å². The first kappa shape index (κ1) is 18.0. The quantitative estimate of drug-likeness (QED) is 0.905. The molecule has 0 fully saturated rings. The van der Waals surface area contributed by atoms with Crippen molar-refractivity contribution in [3.05, 3.63) is 41.2 Å². The van der Waals surface area contributed by atoms with E-state index in [2.05, 4.69) is 5.32 Å². The first-order valence-electron chi connectivity index (χ1n) is 8.38. The molecule has 0 bridgehead atoms. The first-order valence-corrected chi connectivity index (χ1v) is 8.38. The highest BCUT2D eigenvalue weighted by Gasteiger charge is 2.29. The minimum atomic E-state index is -0.345. The number of fused-ring (bicyclic) bond motifs is 3. The Bertz CT molecular complexity index is 850. The largest absolute Gasteiger partial charge is 0.493 e. The Kier molecular flexibility index (Phi) is 5.02. The molecule has 0 aliphatic heterocycles. The van der Waals surface area contributed by atoms with Gasteiger partial charge in [-0.1, -0.05) is 6.07 Å². The third-order valence-corrected chi connectivity index (χ3v) is 4.65. The lowest BCUT2D eigenvalue weighted by Crippen LogP contribution is -2.26. The van der Waals surface area contributed by atoms with Crippen LogP contribution in [0, 0.1) is 5.82 Å². The standard InChI is InChI=1S/C20H22FNO4/c1-11(23)22-16-8-5-12-9-17(24-2)19(25-3)20(26-4)18(12)14-7-6-13(21)10-15(14)16/h6-7,9-10,16H,5,8H2,1-4H3,(H,22,23). The van der Waals surface area contributed by atoms with Crippen molar-refractivity contribution in [1.82, 2.24) is 5.32 Å². The minimum Gasteiger partial charge on any atom is -0.493 e. The van der Waals surface area contributed by atoms with Crippen LogP contribution in [-0.2, 0) is 11.2 Å². The molecule has 1 aliphatic carbocycles. The van der Waals surface area contributed by atoms with E-state index in [1.807, 2.05) is 6.07 Å². The fourth-order valence-electron chi connectivity index (χ4n) is 3.60. The summed E-state index contributed by atoms with van der Waals surface area (Å²) in [6.45, 7) is 1.46. The van der Waals surface area contributed by atoms with Crippen molar-refractivity contribution in [2.24, 2.45) is 0 Å². The number of benzene rings is 2. The summed E-state index contributed by atoms with van der Waals surface area (Å²) in [4.78, 5) is 11.6. The van der Waals surface area contributed by atoms with Crippen LogP contribution in [0.4, 0.5) is 4.39 Å². The number of ether oxygens (including phenoxy) is 3. The molecule has 1 unspecified atom stereocenters. The zero-order valence-electron chi connectivity index (χ0n) is 15.3. The average molecular weight is 359 g/mol. The maximum absolute atomic E-state index is 14.0. The molecule has 0 saturated carbocycles. The van der Waals surface area contributed by atoms with Gasteiger partial charge in [0.2, 0.25) is 11.7 Å². The molecule has 0 radical (unpaired) electrons. The molecule has 2 aromatic carbocycles. The summed E-state index contributed by atoms with van der Waals surface area (Å²) in [7, 11) is 4.69. The summed E-state index contributed by atoms with van der Waals surface area (Å²) < 4.78 is 30.6. The summed E-state index contributed by atoms with van der Waals surface area (Å²) >= 11 is 0. The van der Waals surface area contributed by atoms with Gasteiger partial charge >= 0.3 is 0 Å². The highest BCUT2D eigenvalue weighted by molar-refractivity contribution is 5.83. The third-order valence-electron chi connectivity index (χ3n) is 4.65. The minimum absolute atomic E-state index is 0.154. The molecule has 5 nitrogen and oxygen atoms in total. The maximum Gasteiger partial charge on any atom is 0.217 e. The Morgan fingerprint density at radius 1 is 1.12 bits per heavy atom. The third kappa shape index (κ3) is 3.07. The Balaban J connectivity index is 2.31. The average Bonchev–Trinajstić information content (AvgIpc) is 2.76. The van der Waals surface area contributed by atoms with E-state index in [4.69, 9.17) is 14.2 Å². The lowest BCUT2D eigenvalue weighted by atomic mass is 9.93. The molecule has 1 aliphatic rings. The molecular formula is C20H22FNO4. The summed E-state index contributed by atoms with van der Waals surface area (Å²) in [6, 6.07) is 6.24. The van der Waals surface area contributed by atoms with Crippen molar-refractivity contribution >= 4 is 5.91 Å². The van der Waals surface area contributed by atoms with Crippen molar-refractivity contribution in [2.45, 2.75) is 25.8 Å². The number of carbonyl (C=O) groups is 1. The monoisotopic (exact) mass is 359 g/mol. The highest BCUT2D eigenvalue weighted by Crippen LogP contribution is 2.50. The molecule has 26 heavy (non-hydrogen) atoms. The van der Waals surface area contributed by atoms with Gasteiger partial charge in [0.15, 0.2) is 11.5 Å². The number of amides is 1. The van der Waals surface area contributed by atoms with Gasteiger partial charge in [-0.05, 0) is 47.7 Å². The van der Waals surface area contributed by atoms with Gasteiger partial charge in [-0.2, -0.15) is 0 Å². The van der Waals surface area contributed by atoms with Gasteiger partial charge in [-0.25, -0.2) is 4.39 Å². The van der Waals surface area contributed by atoms with Crippen molar-refractivity contribution < 1.29 is 23.4 Å². The van der Waals surface area contributed by atoms with Crippen molar-refractivity contribution in [3.8, 4) is 28.4 Å². The molecule has 138 valence electrons. The molecular weight excluding hydrogens is 337 g/mol. The van der Waals surface area contributed by atoms with Crippen LogP contribution in [-0.4, -0.2) is 27.2 Å². The SMILES string of the molecule is COc1cc2c(c(OC)c1OC)-c1ccc(F)cc1C(NC(C)=O)CC2. The van der Waals surface area contributed by atoms with Gasteiger partial charge in [0.25, 0.3) is 0 Å². The summed E-state index contributed by atoms with van der Waals surface area (Å²) in [6.07, 6.45) is 1.31. The topological polar surface area (TPSA) is 56.8 Å². The lowest BCUT2D eigenvalue weighted by Gasteiger charge is -2.20. The van der Waals surface area contributed by atoms with Gasteiger partial charge < -0.3 is 19.5 Å². The number of carbonyl (C=O) groups excluding carboxylic acids is 1. The fraction of sp³-hybridized carbons (Fsp3) is 0.350. The zero-order chi connectivity index (χ0) is 18.8. The second-order valence-corrected chi connectivity index (χ2v) is 6.20. The molecule has 2 aromatic rings. The van der Waals surface area contributed by atoms with Gasteiger partial charge in [-0.3, -0.25) is 4.79 Å². The fourth-order valence-corrected chi connectivity index (χ4v) is 3.60. The van der Waals surface area contributed by atoms with Crippen molar-refractivity contribution in [3.63, 3.8) is 0 Å². The van der Waals surface area contributed by atoms with Crippen LogP contribution in [0.3, 0.4) is 0 Å². The second kappa shape index (κ2) is 7.23. The molecule has 0 spiro atoms. The molecule has 0 heterocycles. The van der Waals surface area contributed by atoms with Crippen LogP contribution in [0.15, 0.2) is 24.3 Å². The Morgan fingerprint density at radius 3 is 2.46 bits per heavy atom. The number of nitrogens with one attached hydrogen (secondary N) is 1. The molecule has 6 heteroatoms. The number of hydrogen-bond donors (Lipinski definition) is 1. The van der Waals surface area contributed by atoms with E-state index in [1.54, 1.807) is 27.4 Å². The highest BCUT2D eigenvalue weighted by atomic mass is 19.1. The number of halogens is 1. The first-order chi connectivity index (χ1) is 12.5. The number of aryl methyl sites for hydroxylation is 1. The molecule has 1 amide bonds. The lowest BCUT2D eigenvalue weighted by molar-refractivity contribution is -0.119. The van der Waals surface area contributed by atoms with Gasteiger partial charge in [0.1, 0.15) is 5.82 Å². The molecule has 1 N–H and O–H groups in total. The Labute approximate surface area is 152 Å². The van der Waals surface area contributed by atoms with Crippen molar-refractivity contribution in [2.75, 3.05) is 21.3 Å². The predicted molar refractivity (Wildman–Crippen MR) is 96.4 cm³/mol. The predicted octanol–water partition coefficient (Wildman–Crippen LogP) is 3.64. The van der Waals surface area contributed by atoms with E-state index < -0.39 is 0 Å². The van der Waals surface area contributed by atoms with Crippen LogP contribution in [0.25, 0.3) is 11.1 Å². The van der Waals surface area contributed by atoms with E-state index in [-0.39, 0.29) is 17.8 Å². The van der Waals surface area contributed by atoms with E-state index in [1.165, 1.54) is 19.1 Å². The number of rotatable bonds is 4. The Hall–Kier alpha value is -2.76. The van der Waals surface area contributed by atoms with E-state index in [0.717, 1.165) is 22.3 Å². The molecule has 0 saturated heterocycles. The maximum atomic E-state index is 14.0. The number of hydrogen-bond acceptors (Lipinski definition) is 4. The zero-order valence-corrected chi connectivity index (χ0v) is 15.3. The second-order valence-electron chi connectivity index (χ2n) is 6.20.